The van der Waals surface area contributed by atoms with Crippen LogP contribution in [0.3, 0.4) is 0 Å². The van der Waals surface area contributed by atoms with Gasteiger partial charge in [0.1, 0.15) is 11.6 Å². The number of hydrogen-bond donors (Lipinski definition) is 1. The van der Waals surface area contributed by atoms with E-state index in [9.17, 15) is 4.79 Å². The molecule has 0 unspecified atom stereocenters. The average Bonchev–Trinajstić information content (AvgIpc) is 3.47. The van der Waals surface area contributed by atoms with Gasteiger partial charge in [-0.15, -0.1) is 0 Å². The number of carbonyl (C=O) groups excluding carboxylic acids is 1. The fourth-order valence-electron chi connectivity index (χ4n) is 4.24. The molecule has 4 aromatic rings. The number of oxazole rings is 1. The van der Waals surface area contributed by atoms with E-state index in [2.05, 4.69) is 50.4 Å². The minimum absolute atomic E-state index is 0.145. The van der Waals surface area contributed by atoms with Gasteiger partial charge in [0.25, 0.3) is 0 Å². The maximum atomic E-state index is 13.0. The highest BCUT2D eigenvalue weighted by atomic mass is 79.9. The van der Waals surface area contributed by atoms with Crippen LogP contribution in [0.25, 0.3) is 22.2 Å². The first-order valence-electron chi connectivity index (χ1n) is 11.0. The average molecular weight is 505 g/mol. The zero-order chi connectivity index (χ0) is 22.9. The first-order valence-corrected chi connectivity index (χ1v) is 11.8. The Bertz CT molecular complexity index is 1300. The number of benzene rings is 3. The summed E-state index contributed by atoms with van der Waals surface area (Å²) < 4.78 is 6.95. The van der Waals surface area contributed by atoms with Crippen molar-refractivity contribution in [1.29, 1.82) is 0 Å². The second-order valence-corrected chi connectivity index (χ2v) is 9.29. The third-order valence-corrected chi connectivity index (χ3v) is 6.73. The summed E-state index contributed by atoms with van der Waals surface area (Å²) in [4.78, 5) is 21.7. The molecule has 0 bridgehead atoms. The summed E-state index contributed by atoms with van der Waals surface area (Å²) in [5.41, 5.74) is 5.65. The zero-order valence-electron chi connectivity index (χ0n) is 18.6. The molecule has 3 aromatic carbocycles. The molecule has 0 aliphatic carbocycles. The smallest absolute Gasteiger partial charge is 0.322 e. The van der Waals surface area contributed by atoms with E-state index in [0.29, 0.717) is 12.4 Å². The van der Waals surface area contributed by atoms with Crippen molar-refractivity contribution in [3.63, 3.8) is 0 Å². The molecular weight excluding hydrogens is 480 g/mol. The van der Waals surface area contributed by atoms with Gasteiger partial charge >= 0.3 is 6.03 Å². The second-order valence-electron chi connectivity index (χ2n) is 8.44. The Morgan fingerprint density at radius 1 is 1.09 bits per heavy atom. The highest BCUT2D eigenvalue weighted by molar-refractivity contribution is 9.10. The van der Waals surface area contributed by atoms with Crippen molar-refractivity contribution in [1.82, 2.24) is 9.88 Å². The van der Waals surface area contributed by atoms with Gasteiger partial charge in [0.2, 0.25) is 5.89 Å². The number of carbonyl (C=O) groups is 1. The Kier molecular flexibility index (Phi) is 5.81. The Morgan fingerprint density at radius 3 is 2.61 bits per heavy atom. The number of amides is 2. The maximum absolute atomic E-state index is 13.0. The number of para-hydroxylation sites is 1. The van der Waals surface area contributed by atoms with Gasteiger partial charge < -0.3 is 19.5 Å². The molecule has 168 valence electrons. The van der Waals surface area contributed by atoms with E-state index in [4.69, 9.17) is 9.40 Å². The Balaban J connectivity index is 1.39. The molecule has 0 saturated carbocycles. The highest BCUT2D eigenvalue weighted by Crippen LogP contribution is 2.35. The van der Waals surface area contributed by atoms with Crippen molar-refractivity contribution in [3.05, 3.63) is 77.1 Å². The molecule has 7 heteroatoms. The number of hydrogen-bond acceptors (Lipinski definition) is 4. The molecule has 1 aliphatic heterocycles. The van der Waals surface area contributed by atoms with Crippen LogP contribution in [0.15, 0.2) is 75.6 Å². The summed E-state index contributed by atoms with van der Waals surface area (Å²) >= 11 is 3.49. The first-order chi connectivity index (χ1) is 16.0. The van der Waals surface area contributed by atoms with Crippen molar-refractivity contribution in [2.24, 2.45) is 0 Å². The third-order valence-electron chi connectivity index (χ3n) is 6.04. The molecule has 1 fully saturated rings. The Labute approximate surface area is 201 Å². The predicted octanol–water partition coefficient (Wildman–Crippen LogP) is 6.69. The highest BCUT2D eigenvalue weighted by Gasteiger charge is 2.34. The summed E-state index contributed by atoms with van der Waals surface area (Å²) in [7, 11) is 4.06. The molecule has 1 atom stereocenters. The van der Waals surface area contributed by atoms with Crippen LogP contribution in [0.4, 0.5) is 16.2 Å². The Hall–Kier alpha value is -3.32. The van der Waals surface area contributed by atoms with Crippen LogP contribution in [0.1, 0.15) is 24.8 Å². The van der Waals surface area contributed by atoms with E-state index in [1.165, 1.54) is 0 Å². The van der Waals surface area contributed by atoms with Crippen LogP contribution in [-0.2, 0) is 0 Å². The lowest BCUT2D eigenvalue weighted by atomic mass is 10.0. The van der Waals surface area contributed by atoms with Gasteiger partial charge in [0.15, 0.2) is 5.58 Å². The van der Waals surface area contributed by atoms with E-state index in [0.717, 1.165) is 50.9 Å². The van der Waals surface area contributed by atoms with E-state index >= 15 is 0 Å². The van der Waals surface area contributed by atoms with Gasteiger partial charge in [-0.3, -0.25) is 0 Å². The molecule has 1 aliphatic rings. The number of nitrogens with zero attached hydrogens (tertiary/aromatic N) is 3. The number of anilines is 2. The lowest BCUT2D eigenvalue weighted by molar-refractivity contribution is 0.199. The SMILES string of the molecule is CN(C)c1ccc(-c2ccc3oc([C@H]4CCCN4C(=O)Nc4ccccc4Br)nc3c2)cc1. The molecule has 1 N–H and O–H groups in total. The summed E-state index contributed by atoms with van der Waals surface area (Å²) in [6, 6.07) is 21.8. The largest absolute Gasteiger partial charge is 0.438 e. The minimum Gasteiger partial charge on any atom is -0.438 e. The van der Waals surface area contributed by atoms with E-state index in [1.54, 1.807) is 0 Å². The molecule has 2 amide bonds. The van der Waals surface area contributed by atoms with Crippen LogP contribution < -0.4 is 10.2 Å². The van der Waals surface area contributed by atoms with Crippen LogP contribution in [0, 0.1) is 0 Å². The monoisotopic (exact) mass is 504 g/mol. The number of halogens is 1. The van der Waals surface area contributed by atoms with Gasteiger partial charge in [0.05, 0.1) is 5.69 Å². The van der Waals surface area contributed by atoms with Gasteiger partial charge in [-0.25, -0.2) is 9.78 Å². The van der Waals surface area contributed by atoms with Gasteiger partial charge in [-0.1, -0.05) is 30.3 Å². The minimum atomic E-state index is -0.178. The molecule has 33 heavy (non-hydrogen) atoms. The molecule has 0 radical (unpaired) electrons. The predicted molar refractivity (Wildman–Crippen MR) is 136 cm³/mol. The summed E-state index contributed by atoms with van der Waals surface area (Å²) in [6.45, 7) is 0.670. The molecule has 2 heterocycles. The quantitative estimate of drug-likeness (QED) is 0.336. The molecule has 1 aromatic heterocycles. The zero-order valence-corrected chi connectivity index (χ0v) is 20.2. The van der Waals surface area contributed by atoms with Gasteiger partial charge in [-0.05, 0) is 76.3 Å². The standard InChI is InChI=1S/C26H25BrN4O2/c1-30(2)19-12-9-17(10-13-19)18-11-14-24-22(16-18)28-25(33-24)23-8-5-15-31(23)26(32)29-21-7-4-3-6-20(21)27/h3-4,6-7,9-14,16,23H,5,8,15H2,1-2H3,(H,29,32)/t23-/m1/s1. The van der Waals surface area contributed by atoms with Crippen molar-refractivity contribution in [3.8, 4) is 11.1 Å². The number of nitrogens with one attached hydrogen (secondary N) is 1. The maximum Gasteiger partial charge on any atom is 0.322 e. The summed E-state index contributed by atoms with van der Waals surface area (Å²) in [5, 5.41) is 3.00. The van der Waals surface area contributed by atoms with E-state index < -0.39 is 0 Å². The van der Waals surface area contributed by atoms with Crippen molar-refractivity contribution in [2.75, 3.05) is 30.9 Å². The number of urea groups is 1. The number of rotatable bonds is 4. The van der Waals surface area contributed by atoms with E-state index in [1.807, 2.05) is 61.5 Å². The van der Waals surface area contributed by atoms with Crippen LogP contribution in [0.2, 0.25) is 0 Å². The Morgan fingerprint density at radius 2 is 1.85 bits per heavy atom. The van der Waals surface area contributed by atoms with Crippen LogP contribution in [0.5, 0.6) is 0 Å². The second kappa shape index (κ2) is 8.90. The topological polar surface area (TPSA) is 61.6 Å². The first kappa shape index (κ1) is 21.5. The fourth-order valence-corrected chi connectivity index (χ4v) is 4.62. The van der Waals surface area contributed by atoms with Crippen molar-refractivity contribution < 1.29 is 9.21 Å². The van der Waals surface area contributed by atoms with Crippen LogP contribution >= 0.6 is 15.9 Å². The number of aromatic nitrogens is 1. The van der Waals surface area contributed by atoms with E-state index in [-0.39, 0.29) is 12.1 Å². The normalized spacial score (nSPS) is 15.7. The molecule has 0 spiro atoms. The molecule has 6 nitrogen and oxygen atoms in total. The summed E-state index contributed by atoms with van der Waals surface area (Å²) in [6.07, 6.45) is 1.74. The summed E-state index contributed by atoms with van der Waals surface area (Å²) in [5.74, 6) is 0.588. The van der Waals surface area contributed by atoms with Crippen molar-refractivity contribution in [2.45, 2.75) is 18.9 Å². The molecule has 1 saturated heterocycles. The molecular formula is C26H25BrN4O2. The van der Waals surface area contributed by atoms with Crippen LogP contribution in [-0.4, -0.2) is 36.6 Å². The van der Waals surface area contributed by atoms with Crippen molar-refractivity contribution >= 4 is 44.4 Å². The number of likely N-dealkylation sites (tertiary alicyclic amines) is 1. The third kappa shape index (κ3) is 4.33. The fraction of sp³-hybridized carbons (Fsp3) is 0.231. The lowest BCUT2D eigenvalue weighted by Gasteiger charge is -2.23. The number of fused-ring (bicyclic) bond motifs is 1. The lowest BCUT2D eigenvalue weighted by Crippen LogP contribution is -2.34. The molecule has 5 rings (SSSR count). The van der Waals surface area contributed by atoms with Gasteiger partial charge in [-0.2, -0.15) is 0 Å². The van der Waals surface area contributed by atoms with Gasteiger partial charge in [0, 0.05) is 30.8 Å².